The van der Waals surface area contributed by atoms with Crippen LogP contribution in [0.15, 0.2) is 51.4 Å². The molecule has 20 heavy (non-hydrogen) atoms. The third-order valence-corrected chi connectivity index (χ3v) is 3.10. The summed E-state index contributed by atoms with van der Waals surface area (Å²) < 4.78 is 1.51. The third-order valence-electron chi connectivity index (χ3n) is 1.92. The van der Waals surface area contributed by atoms with E-state index in [1.165, 1.54) is 18.5 Å². The van der Waals surface area contributed by atoms with Gasteiger partial charge in [0, 0.05) is 20.9 Å². The van der Waals surface area contributed by atoms with Gasteiger partial charge in [0.25, 0.3) is 0 Å². The highest BCUT2D eigenvalue weighted by molar-refractivity contribution is 9.10. The van der Waals surface area contributed by atoms with Gasteiger partial charge in [-0.3, -0.25) is 4.79 Å². The lowest BCUT2D eigenvalue weighted by Crippen LogP contribution is -1.79. The summed E-state index contributed by atoms with van der Waals surface area (Å²) in [5, 5.41) is 17.7. The summed E-state index contributed by atoms with van der Waals surface area (Å²) in [5.41, 5.74) is 0.540. The van der Waals surface area contributed by atoms with Crippen LogP contribution in [-0.2, 0) is 0 Å². The average Bonchev–Trinajstić information content (AvgIpc) is 2.41. The molecule has 2 aromatic rings. The molecule has 0 heterocycles. The van der Waals surface area contributed by atoms with Crippen LogP contribution in [0.4, 0.5) is 0 Å². The van der Waals surface area contributed by atoms with E-state index in [0.29, 0.717) is 15.8 Å². The van der Waals surface area contributed by atoms with Gasteiger partial charge in [0.05, 0.1) is 0 Å². The minimum atomic E-state index is 0.150. The van der Waals surface area contributed by atoms with E-state index in [-0.39, 0.29) is 5.75 Å². The highest BCUT2D eigenvalue weighted by Crippen LogP contribution is 2.20. The van der Waals surface area contributed by atoms with Gasteiger partial charge in [0.2, 0.25) is 0 Å². The second-order valence-corrected chi connectivity index (χ2v) is 5.07. The topological polar surface area (TPSA) is 57.5 Å². The molecule has 0 radical (unpaired) electrons. The van der Waals surface area contributed by atoms with Crippen LogP contribution in [0.2, 0.25) is 0 Å². The molecule has 2 N–H and O–H groups in total. The fourth-order valence-corrected chi connectivity index (χ4v) is 1.94. The van der Waals surface area contributed by atoms with Crippen LogP contribution in [0, 0.1) is 0 Å². The molecule has 0 aliphatic rings. The molecule has 0 aliphatic carbocycles. The van der Waals surface area contributed by atoms with Crippen molar-refractivity contribution in [3.63, 3.8) is 0 Å². The zero-order valence-electron chi connectivity index (χ0n) is 10.6. The molecule has 0 saturated carbocycles. The van der Waals surface area contributed by atoms with Crippen molar-refractivity contribution in [2.45, 2.75) is 0 Å². The van der Waals surface area contributed by atoms with Crippen LogP contribution in [0.1, 0.15) is 10.4 Å². The maximum atomic E-state index is 10.2. The number of carbonyl (C=O) groups excluding carboxylic acids is 1. The van der Waals surface area contributed by atoms with Crippen molar-refractivity contribution in [1.29, 1.82) is 0 Å². The van der Waals surface area contributed by atoms with E-state index in [1.807, 2.05) is 6.07 Å². The first-order chi connectivity index (χ1) is 9.52. The van der Waals surface area contributed by atoms with Crippen LogP contribution in [0.5, 0.6) is 11.5 Å². The lowest BCUT2D eigenvalue weighted by molar-refractivity contribution is 0.112. The summed E-state index contributed by atoms with van der Waals surface area (Å²) in [4.78, 5) is 10.2. The summed E-state index contributed by atoms with van der Waals surface area (Å²) in [6.07, 6.45) is 2.20. The molecule has 0 atom stereocenters. The monoisotopic (exact) mass is 422 g/mol. The van der Waals surface area contributed by atoms with Crippen molar-refractivity contribution in [3.8, 4) is 11.5 Å². The number of benzene rings is 2. The predicted molar refractivity (Wildman–Crippen MR) is 88.8 cm³/mol. The number of alkyl halides is 1. The molecule has 0 aliphatic heterocycles. The molecule has 0 fully saturated rings. The molecule has 0 amide bonds. The first-order valence-electron chi connectivity index (χ1n) is 5.29. The summed E-state index contributed by atoms with van der Waals surface area (Å²) >= 11 is 11.0. The Labute approximate surface area is 139 Å². The normalized spacial score (nSPS) is 8.60. The number of halogens is 3. The standard InChI is InChI=1S/C7H5BrO2.C6H5BrO.CH3Cl/c8-7-3-6(10)2-1-5(7)4-9;7-5-2-1-3-6(8)4-5;1-2/h1-4,10H;1-4,8H;1H3. The molecule has 0 spiro atoms. The van der Waals surface area contributed by atoms with Crippen molar-refractivity contribution in [2.75, 3.05) is 6.38 Å². The number of hydrogen-bond acceptors (Lipinski definition) is 3. The van der Waals surface area contributed by atoms with Crippen LogP contribution < -0.4 is 0 Å². The third kappa shape index (κ3) is 7.53. The molecule has 6 heteroatoms. The van der Waals surface area contributed by atoms with Gasteiger partial charge in [0.1, 0.15) is 11.5 Å². The van der Waals surface area contributed by atoms with E-state index < -0.39 is 0 Å². The number of hydrogen-bond donors (Lipinski definition) is 2. The second-order valence-electron chi connectivity index (χ2n) is 3.30. The number of aldehydes is 1. The first kappa shape index (κ1) is 19.0. The molecular weight excluding hydrogens is 411 g/mol. The van der Waals surface area contributed by atoms with Crippen LogP contribution in [-0.4, -0.2) is 22.9 Å². The van der Waals surface area contributed by atoms with Gasteiger partial charge in [-0.2, -0.15) is 0 Å². The number of rotatable bonds is 1. The second kappa shape index (κ2) is 10.7. The van der Waals surface area contributed by atoms with E-state index in [4.69, 9.17) is 10.2 Å². The smallest absolute Gasteiger partial charge is 0.151 e. The van der Waals surface area contributed by atoms with Crippen molar-refractivity contribution < 1.29 is 15.0 Å². The number of aromatic hydroxyl groups is 2. The highest BCUT2D eigenvalue weighted by Gasteiger charge is 1.97. The fourth-order valence-electron chi connectivity index (χ4n) is 1.09. The van der Waals surface area contributed by atoms with Gasteiger partial charge in [-0.15, -0.1) is 11.6 Å². The molecule has 108 valence electrons. The highest BCUT2D eigenvalue weighted by atomic mass is 79.9. The number of carbonyl (C=O) groups is 1. The van der Waals surface area contributed by atoms with E-state index in [1.54, 1.807) is 24.3 Å². The summed E-state index contributed by atoms with van der Waals surface area (Å²) in [7, 11) is 0. The molecular formula is C14H13Br2ClO3. The summed E-state index contributed by atoms with van der Waals surface area (Å²) in [5.74, 6) is 0.442. The summed E-state index contributed by atoms with van der Waals surface area (Å²) in [6.45, 7) is 0. The van der Waals surface area contributed by atoms with E-state index in [9.17, 15) is 4.79 Å². The van der Waals surface area contributed by atoms with Gasteiger partial charge < -0.3 is 10.2 Å². The SMILES string of the molecule is CCl.O=Cc1ccc(O)cc1Br.Oc1cccc(Br)c1. The summed E-state index contributed by atoms with van der Waals surface area (Å²) in [6, 6.07) is 11.4. The maximum absolute atomic E-state index is 10.2. The van der Waals surface area contributed by atoms with E-state index in [2.05, 4.69) is 43.5 Å². The fraction of sp³-hybridized carbons (Fsp3) is 0.0714. The van der Waals surface area contributed by atoms with Crippen molar-refractivity contribution in [2.24, 2.45) is 0 Å². The van der Waals surface area contributed by atoms with Crippen LogP contribution in [0.25, 0.3) is 0 Å². The Hall–Kier alpha value is -1.04. The quantitative estimate of drug-likeness (QED) is 0.502. The average molecular weight is 425 g/mol. The van der Waals surface area contributed by atoms with Gasteiger partial charge in [0.15, 0.2) is 6.29 Å². The zero-order valence-corrected chi connectivity index (χ0v) is 14.5. The van der Waals surface area contributed by atoms with E-state index >= 15 is 0 Å². The minimum absolute atomic E-state index is 0.150. The number of phenols is 2. The van der Waals surface area contributed by atoms with Gasteiger partial charge in [-0.05, 0) is 52.3 Å². The molecule has 0 unspecified atom stereocenters. The molecule has 2 rings (SSSR count). The van der Waals surface area contributed by atoms with Crippen LogP contribution >= 0.6 is 43.5 Å². The Morgan fingerprint density at radius 2 is 1.60 bits per heavy atom. The lowest BCUT2D eigenvalue weighted by Gasteiger charge is -1.94. The maximum Gasteiger partial charge on any atom is 0.151 e. The number of phenolic OH excluding ortho intramolecular Hbond substituents is 2. The molecule has 3 nitrogen and oxygen atoms in total. The zero-order chi connectivity index (χ0) is 15.5. The molecule has 2 aromatic carbocycles. The Morgan fingerprint density at radius 1 is 1.00 bits per heavy atom. The largest absolute Gasteiger partial charge is 0.508 e. The Balaban J connectivity index is 0.000000327. The lowest BCUT2D eigenvalue weighted by atomic mass is 10.2. The Bertz CT molecular complexity index is 530. The van der Waals surface area contributed by atoms with E-state index in [0.717, 1.165) is 10.8 Å². The first-order valence-corrected chi connectivity index (χ1v) is 7.63. The van der Waals surface area contributed by atoms with Crippen molar-refractivity contribution in [1.82, 2.24) is 0 Å². The van der Waals surface area contributed by atoms with Gasteiger partial charge in [-0.25, -0.2) is 0 Å². The minimum Gasteiger partial charge on any atom is -0.508 e. The van der Waals surface area contributed by atoms with Crippen LogP contribution in [0.3, 0.4) is 0 Å². The Morgan fingerprint density at radius 3 is 2.00 bits per heavy atom. The molecule has 0 saturated heterocycles. The predicted octanol–water partition coefficient (Wildman–Crippen LogP) is 4.98. The van der Waals surface area contributed by atoms with Gasteiger partial charge in [-0.1, -0.05) is 22.0 Å². The molecule has 0 bridgehead atoms. The molecule has 0 aromatic heterocycles. The van der Waals surface area contributed by atoms with Crippen molar-refractivity contribution >= 4 is 49.7 Å². The van der Waals surface area contributed by atoms with Gasteiger partial charge >= 0.3 is 0 Å². The van der Waals surface area contributed by atoms with Crippen molar-refractivity contribution in [3.05, 3.63) is 57.0 Å². The Kier molecular flexibility index (Phi) is 10.2.